The van der Waals surface area contributed by atoms with E-state index in [4.69, 9.17) is 23.2 Å². The Morgan fingerprint density at radius 3 is 2.20 bits per heavy atom. The Morgan fingerprint density at radius 1 is 0.933 bits per heavy atom. The molecule has 2 amide bonds. The monoisotopic (exact) mass is 448 g/mol. The standard InChI is InChI=1S/C22H26Cl2N4O2/c1-26(15-20(29)25-22-18(23)8-5-9-19(22)24)16-21(30)28-12-10-27(11-13-28)14-17-6-3-2-4-7-17/h2-9H,10-16H2,1H3,(H,25,29). The fraction of sp³-hybridized carbons (Fsp3) is 0.364. The molecule has 1 aliphatic heterocycles. The summed E-state index contributed by atoms with van der Waals surface area (Å²) in [6.07, 6.45) is 0. The largest absolute Gasteiger partial charge is 0.339 e. The highest BCUT2D eigenvalue weighted by Crippen LogP contribution is 2.29. The molecule has 0 radical (unpaired) electrons. The van der Waals surface area contributed by atoms with E-state index in [2.05, 4.69) is 22.3 Å². The third-order valence-corrected chi connectivity index (χ3v) is 5.65. The molecule has 0 saturated carbocycles. The third-order valence-electron chi connectivity index (χ3n) is 5.02. The molecular formula is C22H26Cl2N4O2. The number of benzene rings is 2. The summed E-state index contributed by atoms with van der Waals surface area (Å²) < 4.78 is 0. The summed E-state index contributed by atoms with van der Waals surface area (Å²) in [6, 6.07) is 15.4. The van der Waals surface area contributed by atoms with E-state index in [0.717, 1.165) is 19.6 Å². The van der Waals surface area contributed by atoms with Crippen LogP contribution in [0.25, 0.3) is 0 Å². The topological polar surface area (TPSA) is 55.9 Å². The number of likely N-dealkylation sites (N-methyl/N-ethyl adjacent to an activating group) is 1. The minimum absolute atomic E-state index is 0.0282. The van der Waals surface area contributed by atoms with Crippen LogP contribution in [0.3, 0.4) is 0 Å². The van der Waals surface area contributed by atoms with E-state index in [-0.39, 0.29) is 24.9 Å². The van der Waals surface area contributed by atoms with E-state index in [1.165, 1.54) is 5.56 Å². The molecule has 0 spiro atoms. The molecule has 1 saturated heterocycles. The predicted molar refractivity (Wildman–Crippen MR) is 121 cm³/mol. The summed E-state index contributed by atoms with van der Waals surface area (Å²) in [7, 11) is 1.75. The Morgan fingerprint density at radius 2 is 1.57 bits per heavy atom. The van der Waals surface area contributed by atoms with Crippen LogP contribution in [0.1, 0.15) is 5.56 Å². The van der Waals surface area contributed by atoms with Gasteiger partial charge in [-0.25, -0.2) is 0 Å². The zero-order chi connectivity index (χ0) is 21.5. The molecule has 0 aliphatic carbocycles. The van der Waals surface area contributed by atoms with Gasteiger partial charge in [-0.3, -0.25) is 19.4 Å². The molecule has 3 rings (SSSR count). The summed E-state index contributed by atoms with van der Waals surface area (Å²) in [5.41, 5.74) is 1.67. The Labute approximate surface area is 187 Å². The molecule has 160 valence electrons. The van der Waals surface area contributed by atoms with Gasteiger partial charge >= 0.3 is 0 Å². The van der Waals surface area contributed by atoms with Gasteiger partial charge in [0.2, 0.25) is 11.8 Å². The lowest BCUT2D eigenvalue weighted by Crippen LogP contribution is -2.51. The number of nitrogens with zero attached hydrogens (tertiary/aromatic N) is 3. The summed E-state index contributed by atoms with van der Waals surface area (Å²) in [5.74, 6) is -0.242. The second-order valence-corrected chi connectivity index (χ2v) is 8.27. The first-order valence-electron chi connectivity index (χ1n) is 9.89. The van der Waals surface area contributed by atoms with Gasteiger partial charge in [0.15, 0.2) is 0 Å². The first-order valence-corrected chi connectivity index (χ1v) is 10.6. The number of piperazine rings is 1. The van der Waals surface area contributed by atoms with E-state index in [0.29, 0.717) is 28.8 Å². The SMILES string of the molecule is CN(CC(=O)Nc1c(Cl)cccc1Cl)CC(=O)N1CCN(Cc2ccccc2)CC1. The van der Waals surface area contributed by atoms with E-state index in [1.54, 1.807) is 30.1 Å². The maximum Gasteiger partial charge on any atom is 0.238 e. The molecule has 0 bridgehead atoms. The fourth-order valence-electron chi connectivity index (χ4n) is 3.43. The number of amides is 2. The number of nitrogens with one attached hydrogen (secondary N) is 1. The van der Waals surface area contributed by atoms with Gasteiger partial charge < -0.3 is 10.2 Å². The van der Waals surface area contributed by atoms with Gasteiger partial charge in [0, 0.05) is 32.7 Å². The Bertz CT molecular complexity index is 850. The van der Waals surface area contributed by atoms with Crippen LogP contribution in [-0.2, 0) is 16.1 Å². The van der Waals surface area contributed by atoms with Crippen LogP contribution in [0.15, 0.2) is 48.5 Å². The second-order valence-electron chi connectivity index (χ2n) is 7.46. The number of para-hydroxylation sites is 1. The van der Waals surface area contributed by atoms with Gasteiger partial charge in [-0.05, 0) is 24.7 Å². The molecule has 1 heterocycles. The van der Waals surface area contributed by atoms with Gasteiger partial charge in [0.25, 0.3) is 0 Å². The average molecular weight is 449 g/mol. The van der Waals surface area contributed by atoms with Crippen molar-refractivity contribution in [3.63, 3.8) is 0 Å². The van der Waals surface area contributed by atoms with E-state index in [1.807, 2.05) is 23.1 Å². The Kier molecular flexibility index (Phi) is 8.10. The van der Waals surface area contributed by atoms with Crippen molar-refractivity contribution in [2.45, 2.75) is 6.54 Å². The summed E-state index contributed by atoms with van der Waals surface area (Å²) in [4.78, 5) is 30.8. The number of carbonyl (C=O) groups excluding carboxylic acids is 2. The number of anilines is 1. The van der Waals surface area contributed by atoms with Crippen LogP contribution in [0.5, 0.6) is 0 Å². The normalized spacial score (nSPS) is 14.7. The molecule has 0 aromatic heterocycles. The number of hydrogen-bond acceptors (Lipinski definition) is 4. The van der Waals surface area contributed by atoms with Crippen molar-refractivity contribution < 1.29 is 9.59 Å². The van der Waals surface area contributed by atoms with E-state index >= 15 is 0 Å². The summed E-state index contributed by atoms with van der Waals surface area (Å²) in [6.45, 7) is 4.23. The van der Waals surface area contributed by atoms with Gasteiger partial charge in [-0.15, -0.1) is 0 Å². The molecule has 1 fully saturated rings. The van der Waals surface area contributed by atoms with Crippen LogP contribution < -0.4 is 5.32 Å². The third kappa shape index (κ3) is 6.44. The van der Waals surface area contributed by atoms with Crippen LogP contribution in [-0.4, -0.2) is 72.8 Å². The molecule has 2 aromatic rings. The lowest BCUT2D eigenvalue weighted by molar-refractivity contribution is -0.134. The highest BCUT2D eigenvalue weighted by Gasteiger charge is 2.22. The van der Waals surface area contributed by atoms with Crippen molar-refractivity contribution in [3.05, 3.63) is 64.1 Å². The smallest absolute Gasteiger partial charge is 0.238 e. The van der Waals surface area contributed by atoms with Crippen LogP contribution in [0.2, 0.25) is 10.0 Å². The maximum absolute atomic E-state index is 12.6. The van der Waals surface area contributed by atoms with Crippen molar-refractivity contribution in [1.82, 2.24) is 14.7 Å². The van der Waals surface area contributed by atoms with Crippen LogP contribution in [0.4, 0.5) is 5.69 Å². The van der Waals surface area contributed by atoms with Gasteiger partial charge in [-0.1, -0.05) is 59.6 Å². The lowest BCUT2D eigenvalue weighted by atomic mass is 10.2. The van der Waals surface area contributed by atoms with Crippen LogP contribution in [0, 0.1) is 0 Å². The molecule has 1 N–H and O–H groups in total. The molecule has 0 unspecified atom stereocenters. The molecule has 30 heavy (non-hydrogen) atoms. The van der Waals surface area contributed by atoms with Crippen molar-refractivity contribution in [2.24, 2.45) is 0 Å². The van der Waals surface area contributed by atoms with E-state index in [9.17, 15) is 9.59 Å². The minimum atomic E-state index is -0.270. The Hall–Kier alpha value is -2.12. The molecule has 1 aliphatic rings. The van der Waals surface area contributed by atoms with Gasteiger partial charge in [-0.2, -0.15) is 0 Å². The minimum Gasteiger partial charge on any atom is -0.339 e. The molecule has 6 nitrogen and oxygen atoms in total. The predicted octanol–water partition coefficient (Wildman–Crippen LogP) is 3.21. The molecule has 8 heteroatoms. The first kappa shape index (κ1) is 22.6. The Balaban J connectivity index is 1.42. The highest BCUT2D eigenvalue weighted by atomic mass is 35.5. The second kappa shape index (κ2) is 10.8. The number of halogens is 2. The zero-order valence-corrected chi connectivity index (χ0v) is 18.5. The summed E-state index contributed by atoms with van der Waals surface area (Å²) in [5, 5.41) is 3.47. The highest BCUT2D eigenvalue weighted by molar-refractivity contribution is 6.39. The van der Waals surface area contributed by atoms with Gasteiger partial charge in [0.05, 0.1) is 28.8 Å². The molecule has 0 atom stereocenters. The number of hydrogen-bond donors (Lipinski definition) is 1. The van der Waals surface area contributed by atoms with Crippen molar-refractivity contribution in [1.29, 1.82) is 0 Å². The van der Waals surface area contributed by atoms with Crippen LogP contribution >= 0.6 is 23.2 Å². The van der Waals surface area contributed by atoms with Crippen molar-refractivity contribution >= 4 is 40.7 Å². The number of carbonyl (C=O) groups is 2. The fourth-order valence-corrected chi connectivity index (χ4v) is 3.92. The van der Waals surface area contributed by atoms with Crippen molar-refractivity contribution in [3.8, 4) is 0 Å². The molecular weight excluding hydrogens is 423 g/mol. The van der Waals surface area contributed by atoms with Gasteiger partial charge in [0.1, 0.15) is 0 Å². The molecule has 2 aromatic carbocycles. The van der Waals surface area contributed by atoms with Crippen molar-refractivity contribution in [2.75, 3.05) is 51.6 Å². The number of rotatable bonds is 7. The summed E-state index contributed by atoms with van der Waals surface area (Å²) >= 11 is 12.2. The first-order chi connectivity index (χ1) is 14.4. The zero-order valence-electron chi connectivity index (χ0n) is 17.0. The maximum atomic E-state index is 12.6. The lowest BCUT2D eigenvalue weighted by Gasteiger charge is -2.35. The quantitative estimate of drug-likeness (QED) is 0.706. The average Bonchev–Trinajstić information content (AvgIpc) is 2.72. The van der Waals surface area contributed by atoms with E-state index < -0.39 is 0 Å².